The summed E-state index contributed by atoms with van der Waals surface area (Å²) in [6.45, 7) is 0.160. The van der Waals surface area contributed by atoms with Crippen molar-refractivity contribution in [1.29, 1.82) is 0 Å². The lowest BCUT2D eigenvalue weighted by atomic mass is 10.1. The van der Waals surface area contributed by atoms with Gasteiger partial charge < -0.3 is 11.1 Å². The number of carbonyl (C=O) groups excluding carboxylic acids is 2. The Hall–Kier alpha value is -3.55. The molecule has 0 unspecified atom stereocenters. The minimum Gasteiger partial charge on any atom is -0.352 e. The first-order chi connectivity index (χ1) is 12.0. The summed E-state index contributed by atoms with van der Waals surface area (Å²) < 4.78 is 14.6. The van der Waals surface area contributed by atoms with E-state index in [2.05, 4.69) is 10.3 Å². The van der Waals surface area contributed by atoms with Crippen LogP contribution in [0.2, 0.25) is 0 Å². The van der Waals surface area contributed by atoms with Crippen molar-refractivity contribution in [2.45, 2.75) is 6.54 Å². The number of fused-ring (bicyclic) bond motifs is 4. The van der Waals surface area contributed by atoms with Crippen LogP contribution in [-0.4, -0.2) is 21.4 Å². The van der Waals surface area contributed by atoms with Gasteiger partial charge in [0.15, 0.2) is 5.82 Å². The molecule has 0 aliphatic carbocycles. The van der Waals surface area contributed by atoms with E-state index in [1.807, 2.05) is 0 Å². The van der Waals surface area contributed by atoms with Crippen molar-refractivity contribution in [1.82, 2.24) is 14.9 Å². The fourth-order valence-corrected chi connectivity index (χ4v) is 2.91. The van der Waals surface area contributed by atoms with E-state index in [4.69, 9.17) is 5.73 Å². The molecule has 0 saturated carbocycles. The minimum atomic E-state index is -0.676. The van der Waals surface area contributed by atoms with Gasteiger partial charge in [-0.15, -0.1) is 0 Å². The Morgan fingerprint density at radius 2 is 2.00 bits per heavy atom. The van der Waals surface area contributed by atoms with E-state index >= 15 is 0 Å². The first-order valence-corrected chi connectivity index (χ1v) is 7.39. The number of nitrogens with zero attached hydrogens (tertiary/aromatic N) is 2. The molecule has 1 aliphatic heterocycles. The van der Waals surface area contributed by atoms with Crippen LogP contribution < -0.4 is 16.6 Å². The molecule has 3 N–H and O–H groups in total. The van der Waals surface area contributed by atoms with Gasteiger partial charge in [-0.25, -0.2) is 14.2 Å². The summed E-state index contributed by atoms with van der Waals surface area (Å²) in [4.78, 5) is 40.4. The number of urea groups is 1. The van der Waals surface area contributed by atoms with E-state index in [0.717, 1.165) is 6.07 Å². The van der Waals surface area contributed by atoms with E-state index in [0.29, 0.717) is 16.8 Å². The molecule has 2 amide bonds. The zero-order valence-electron chi connectivity index (χ0n) is 12.7. The predicted molar refractivity (Wildman–Crippen MR) is 87.2 cm³/mol. The zero-order valence-corrected chi connectivity index (χ0v) is 12.7. The van der Waals surface area contributed by atoms with E-state index in [9.17, 15) is 18.8 Å². The molecule has 0 spiro atoms. The van der Waals surface area contributed by atoms with Crippen LogP contribution in [0, 0.1) is 5.82 Å². The molecule has 0 radical (unpaired) electrons. The second-order valence-electron chi connectivity index (χ2n) is 5.64. The summed E-state index contributed by atoms with van der Waals surface area (Å²) >= 11 is 0. The van der Waals surface area contributed by atoms with Gasteiger partial charge in [-0.1, -0.05) is 6.07 Å². The Balaban J connectivity index is 1.93. The Labute approximate surface area is 139 Å². The monoisotopic (exact) mass is 338 g/mol. The van der Waals surface area contributed by atoms with Gasteiger partial charge in [-0.05, 0) is 35.9 Å². The highest BCUT2D eigenvalue weighted by Gasteiger charge is 2.30. The number of benzene rings is 2. The maximum absolute atomic E-state index is 13.4. The molecule has 25 heavy (non-hydrogen) atoms. The largest absolute Gasteiger partial charge is 0.352 e. The van der Waals surface area contributed by atoms with Crippen LogP contribution in [0.5, 0.6) is 0 Å². The van der Waals surface area contributed by atoms with Crippen molar-refractivity contribution < 1.29 is 14.0 Å². The molecule has 0 atom stereocenters. The summed E-state index contributed by atoms with van der Waals surface area (Å²) in [5.41, 5.74) is 6.03. The number of aromatic nitrogens is 2. The van der Waals surface area contributed by atoms with Gasteiger partial charge >= 0.3 is 6.03 Å². The fourth-order valence-electron chi connectivity index (χ4n) is 2.91. The Kier molecular flexibility index (Phi) is 3.14. The highest BCUT2D eigenvalue weighted by atomic mass is 19.1. The Morgan fingerprint density at radius 1 is 1.20 bits per heavy atom. The number of carbonyl (C=O) groups is 2. The fraction of sp³-hybridized carbons (Fsp3) is 0.0588. The molecule has 0 bridgehead atoms. The molecule has 4 rings (SSSR count). The van der Waals surface area contributed by atoms with Gasteiger partial charge in [0.05, 0.1) is 22.2 Å². The number of hydrogen-bond donors (Lipinski definition) is 2. The molecular weight excluding hydrogens is 327 g/mol. The second kappa shape index (κ2) is 5.23. The number of primary amides is 1. The quantitative estimate of drug-likeness (QED) is 0.573. The SMILES string of the molecule is NC(=O)NCc1ccc2nc3n(c(=O)c2c1)-c1ccc(F)cc1C3=O. The van der Waals surface area contributed by atoms with Crippen molar-refractivity contribution in [2.24, 2.45) is 5.73 Å². The number of amides is 2. The van der Waals surface area contributed by atoms with Crippen molar-refractivity contribution in [2.75, 3.05) is 0 Å². The van der Waals surface area contributed by atoms with E-state index in [-0.39, 0.29) is 23.3 Å². The topological polar surface area (TPSA) is 107 Å². The normalized spacial score (nSPS) is 12.1. The highest BCUT2D eigenvalue weighted by molar-refractivity contribution is 6.13. The van der Waals surface area contributed by atoms with Gasteiger partial charge in [0.1, 0.15) is 5.82 Å². The second-order valence-corrected chi connectivity index (χ2v) is 5.64. The average molecular weight is 338 g/mol. The van der Waals surface area contributed by atoms with Gasteiger partial charge in [-0.2, -0.15) is 0 Å². The summed E-state index contributed by atoms with van der Waals surface area (Å²) in [5.74, 6) is -1.09. The van der Waals surface area contributed by atoms with Crippen molar-refractivity contribution >= 4 is 22.7 Å². The summed E-state index contributed by atoms with van der Waals surface area (Å²) in [5, 5.41) is 2.73. The van der Waals surface area contributed by atoms with Crippen LogP contribution in [0.15, 0.2) is 41.2 Å². The maximum Gasteiger partial charge on any atom is 0.312 e. The van der Waals surface area contributed by atoms with E-state index in [1.165, 1.54) is 16.7 Å². The van der Waals surface area contributed by atoms with Crippen LogP contribution in [0.3, 0.4) is 0 Å². The lowest BCUT2D eigenvalue weighted by Crippen LogP contribution is -2.28. The van der Waals surface area contributed by atoms with Crippen LogP contribution in [-0.2, 0) is 6.54 Å². The molecule has 1 aliphatic rings. The average Bonchev–Trinajstić information content (AvgIpc) is 2.86. The molecule has 0 saturated heterocycles. The summed E-state index contributed by atoms with van der Waals surface area (Å²) in [6.07, 6.45) is 0. The number of hydrogen-bond acceptors (Lipinski definition) is 4. The molecule has 0 fully saturated rings. The molecule has 3 aromatic rings. The predicted octanol–water partition coefficient (Wildman–Crippen LogP) is 1.24. The minimum absolute atomic E-state index is 0.0406. The van der Waals surface area contributed by atoms with Gasteiger partial charge in [0.25, 0.3) is 5.56 Å². The van der Waals surface area contributed by atoms with E-state index in [1.54, 1.807) is 18.2 Å². The summed E-state index contributed by atoms with van der Waals surface area (Å²) in [6, 6.07) is 7.83. The Morgan fingerprint density at radius 3 is 2.76 bits per heavy atom. The van der Waals surface area contributed by atoms with Crippen LogP contribution in [0.25, 0.3) is 16.6 Å². The third kappa shape index (κ3) is 2.26. The van der Waals surface area contributed by atoms with Crippen LogP contribution in [0.4, 0.5) is 9.18 Å². The molecule has 8 heteroatoms. The first kappa shape index (κ1) is 15.0. The number of nitrogens with one attached hydrogen (secondary N) is 1. The molecule has 7 nitrogen and oxygen atoms in total. The number of ketones is 1. The third-order valence-corrected chi connectivity index (χ3v) is 4.05. The Bertz CT molecular complexity index is 1140. The first-order valence-electron chi connectivity index (χ1n) is 7.39. The number of nitrogens with two attached hydrogens (primary N) is 1. The van der Waals surface area contributed by atoms with Crippen LogP contribution >= 0.6 is 0 Å². The number of rotatable bonds is 2. The third-order valence-electron chi connectivity index (χ3n) is 4.05. The number of halogens is 1. The highest BCUT2D eigenvalue weighted by Crippen LogP contribution is 2.27. The van der Waals surface area contributed by atoms with Gasteiger partial charge in [-0.3, -0.25) is 14.2 Å². The molecule has 1 aromatic heterocycles. The lowest BCUT2D eigenvalue weighted by Gasteiger charge is -2.07. The van der Waals surface area contributed by atoms with Crippen molar-refractivity contribution in [3.63, 3.8) is 0 Å². The lowest BCUT2D eigenvalue weighted by molar-refractivity contribution is 0.103. The standard InChI is InChI=1S/C17H11FN4O3/c18-9-2-4-13-11(6-9)14(23)15-21-12-3-1-8(7-20-17(19)25)5-10(12)16(24)22(13)15/h1-6H,7H2,(H3,19,20,25). The maximum atomic E-state index is 13.4. The molecule has 124 valence electrons. The molecular formula is C17H11FN4O3. The smallest absolute Gasteiger partial charge is 0.312 e. The molecule has 2 heterocycles. The summed E-state index contributed by atoms with van der Waals surface area (Å²) in [7, 11) is 0. The van der Waals surface area contributed by atoms with Gasteiger partial charge in [0, 0.05) is 6.54 Å². The van der Waals surface area contributed by atoms with Crippen LogP contribution in [0.1, 0.15) is 21.7 Å². The van der Waals surface area contributed by atoms with Crippen molar-refractivity contribution in [3.05, 3.63) is 69.5 Å². The van der Waals surface area contributed by atoms with Gasteiger partial charge in [0.2, 0.25) is 5.78 Å². The molecule has 2 aromatic carbocycles. The zero-order chi connectivity index (χ0) is 17.7. The van der Waals surface area contributed by atoms with Crippen molar-refractivity contribution in [3.8, 4) is 5.69 Å². The van der Waals surface area contributed by atoms with E-state index < -0.39 is 23.2 Å².